The predicted octanol–water partition coefficient (Wildman–Crippen LogP) is 4.34. The molecule has 0 radical (unpaired) electrons. The van der Waals surface area contributed by atoms with Gasteiger partial charge in [0.2, 0.25) is 0 Å². The average Bonchev–Trinajstić information content (AvgIpc) is 2.43. The van der Waals surface area contributed by atoms with Gasteiger partial charge in [0.05, 0.1) is 0 Å². The summed E-state index contributed by atoms with van der Waals surface area (Å²) in [5, 5.41) is 0. The Morgan fingerprint density at radius 1 is 0.913 bits per heavy atom. The molecule has 2 aromatic carbocycles. The number of benzene rings is 2. The summed E-state index contributed by atoms with van der Waals surface area (Å²) in [6, 6.07) is 17.2. The van der Waals surface area contributed by atoms with Crippen LogP contribution in [0.15, 0.2) is 54.6 Å². The zero-order valence-electron chi connectivity index (χ0n) is 13.6. The standard InChI is InChI=1S/C16H21IO4SSi/c1-22(18,19)21-17(14-9-6-5-7-10-14)15-11-8-12-16(13-15)20-23(2,3)4/h5-13H,1-4H3. The average molecular weight is 464 g/mol. The van der Waals surface area contributed by atoms with Gasteiger partial charge in [0.15, 0.2) is 0 Å². The van der Waals surface area contributed by atoms with Crippen molar-refractivity contribution in [1.82, 2.24) is 0 Å². The van der Waals surface area contributed by atoms with Crippen LogP contribution in [0, 0.1) is 7.14 Å². The Bertz CT molecular complexity index is 757. The Morgan fingerprint density at radius 3 is 2.09 bits per heavy atom. The van der Waals surface area contributed by atoms with E-state index in [9.17, 15) is 8.42 Å². The van der Waals surface area contributed by atoms with Gasteiger partial charge in [0.25, 0.3) is 0 Å². The zero-order valence-corrected chi connectivity index (χ0v) is 17.6. The van der Waals surface area contributed by atoms with Crippen LogP contribution in [-0.2, 0) is 12.6 Å². The van der Waals surface area contributed by atoms with Crippen molar-refractivity contribution in [1.29, 1.82) is 0 Å². The van der Waals surface area contributed by atoms with Crippen LogP contribution in [0.1, 0.15) is 0 Å². The molecule has 0 aromatic heterocycles. The van der Waals surface area contributed by atoms with Crippen LogP contribution in [0.25, 0.3) is 0 Å². The molecule has 0 aliphatic carbocycles. The van der Waals surface area contributed by atoms with E-state index in [1.165, 1.54) is 0 Å². The Kier molecular flexibility index (Phi) is 5.87. The summed E-state index contributed by atoms with van der Waals surface area (Å²) >= 11 is -2.53. The third kappa shape index (κ3) is 6.25. The summed E-state index contributed by atoms with van der Waals surface area (Å²) in [6.07, 6.45) is 1.10. The van der Waals surface area contributed by atoms with Gasteiger partial charge in [-0.1, -0.05) is 0 Å². The molecule has 0 aliphatic heterocycles. The summed E-state index contributed by atoms with van der Waals surface area (Å²) < 4.78 is 36.7. The van der Waals surface area contributed by atoms with Crippen molar-refractivity contribution in [2.24, 2.45) is 0 Å². The molecule has 0 aliphatic rings. The van der Waals surface area contributed by atoms with Crippen molar-refractivity contribution in [3.8, 4) is 5.75 Å². The Morgan fingerprint density at radius 2 is 1.52 bits per heavy atom. The van der Waals surface area contributed by atoms with Crippen molar-refractivity contribution in [3.63, 3.8) is 0 Å². The van der Waals surface area contributed by atoms with Gasteiger partial charge in [-0.05, 0) is 0 Å². The van der Waals surface area contributed by atoms with Crippen molar-refractivity contribution < 1.29 is 15.4 Å². The van der Waals surface area contributed by atoms with E-state index < -0.39 is 38.7 Å². The SMILES string of the molecule is C[Si](C)(C)Oc1cccc(I(OS(C)(=O)=O)c2ccccc2)c1. The van der Waals surface area contributed by atoms with Gasteiger partial charge in [0.1, 0.15) is 0 Å². The van der Waals surface area contributed by atoms with E-state index in [0.717, 1.165) is 19.1 Å². The molecule has 0 saturated carbocycles. The van der Waals surface area contributed by atoms with Gasteiger partial charge >= 0.3 is 147 Å². The van der Waals surface area contributed by atoms with Gasteiger partial charge in [0, 0.05) is 0 Å². The minimum absolute atomic E-state index is 0.775. The minimum atomic E-state index is -3.53. The summed E-state index contributed by atoms with van der Waals surface area (Å²) in [7, 11) is -5.25. The molecule has 7 heteroatoms. The van der Waals surface area contributed by atoms with Crippen LogP contribution in [0.5, 0.6) is 5.75 Å². The molecule has 0 unspecified atom stereocenters. The number of hydrogen-bond acceptors (Lipinski definition) is 4. The summed E-state index contributed by atoms with van der Waals surface area (Å²) in [4.78, 5) is 0. The number of halogens is 1. The van der Waals surface area contributed by atoms with Gasteiger partial charge in [-0.25, -0.2) is 0 Å². The summed E-state index contributed by atoms with van der Waals surface area (Å²) in [5.74, 6) is 0.775. The Labute approximate surface area is 147 Å². The van der Waals surface area contributed by atoms with E-state index in [1.54, 1.807) is 0 Å². The fourth-order valence-electron chi connectivity index (χ4n) is 1.83. The second-order valence-corrected chi connectivity index (χ2v) is 16.9. The first-order valence-electron chi connectivity index (χ1n) is 7.08. The normalized spacial score (nSPS) is 12.8. The van der Waals surface area contributed by atoms with Crippen LogP contribution in [0.2, 0.25) is 19.6 Å². The molecule has 0 spiro atoms. The van der Waals surface area contributed by atoms with Gasteiger partial charge in [-0.3, -0.25) is 0 Å². The first-order valence-corrected chi connectivity index (χ1v) is 15.3. The van der Waals surface area contributed by atoms with Crippen LogP contribution < -0.4 is 4.43 Å². The number of hydrogen-bond donors (Lipinski definition) is 0. The van der Waals surface area contributed by atoms with E-state index in [2.05, 4.69) is 19.6 Å². The van der Waals surface area contributed by atoms with Crippen molar-refractivity contribution >= 4 is 38.7 Å². The van der Waals surface area contributed by atoms with Gasteiger partial charge in [-0.2, -0.15) is 0 Å². The van der Waals surface area contributed by atoms with Crippen molar-refractivity contribution in [3.05, 3.63) is 61.7 Å². The molecule has 0 amide bonds. The second-order valence-electron chi connectivity index (χ2n) is 5.98. The summed E-state index contributed by atoms with van der Waals surface area (Å²) in [6.45, 7) is 6.33. The molecule has 0 N–H and O–H groups in total. The molecule has 0 atom stereocenters. The first-order chi connectivity index (χ1) is 10.6. The third-order valence-electron chi connectivity index (χ3n) is 2.53. The van der Waals surface area contributed by atoms with Gasteiger partial charge < -0.3 is 0 Å². The van der Waals surface area contributed by atoms with E-state index in [-0.39, 0.29) is 0 Å². The topological polar surface area (TPSA) is 52.6 Å². The molecule has 0 bridgehead atoms. The monoisotopic (exact) mass is 464 g/mol. The van der Waals surface area contributed by atoms with Crippen molar-refractivity contribution in [2.45, 2.75) is 19.6 Å². The molecule has 2 aromatic rings. The first kappa shape index (κ1) is 18.4. The molecule has 0 saturated heterocycles. The van der Waals surface area contributed by atoms with Crippen LogP contribution >= 0.6 is 20.2 Å². The fourth-order valence-corrected chi connectivity index (χ4v) is 9.16. The molecular formula is C16H21IO4SSi. The number of rotatable bonds is 6. The molecular weight excluding hydrogens is 443 g/mol. The third-order valence-corrected chi connectivity index (χ3v) is 10.4. The van der Waals surface area contributed by atoms with Crippen LogP contribution in [0.3, 0.4) is 0 Å². The Balaban J connectivity index is 2.42. The van der Waals surface area contributed by atoms with E-state index in [0.29, 0.717) is 0 Å². The quantitative estimate of drug-likeness (QED) is 0.472. The van der Waals surface area contributed by atoms with E-state index in [4.69, 9.17) is 6.94 Å². The van der Waals surface area contributed by atoms with Gasteiger partial charge in [-0.15, -0.1) is 0 Å². The second kappa shape index (κ2) is 7.33. The van der Waals surface area contributed by atoms with Crippen molar-refractivity contribution in [2.75, 3.05) is 6.26 Å². The maximum absolute atomic E-state index is 11.7. The van der Waals surface area contributed by atoms with Crippen LogP contribution in [0.4, 0.5) is 0 Å². The van der Waals surface area contributed by atoms with Crippen LogP contribution in [-0.4, -0.2) is 23.0 Å². The molecule has 4 nitrogen and oxygen atoms in total. The van der Waals surface area contributed by atoms with E-state index >= 15 is 0 Å². The molecule has 23 heavy (non-hydrogen) atoms. The zero-order chi connectivity index (χ0) is 17.1. The predicted molar refractivity (Wildman–Crippen MR) is 104 cm³/mol. The molecule has 0 fully saturated rings. The maximum atomic E-state index is 11.7. The Hall–Kier alpha value is -0.903. The summed E-state index contributed by atoms with van der Waals surface area (Å²) in [5.41, 5.74) is 0. The molecule has 0 heterocycles. The fraction of sp³-hybridized carbons (Fsp3) is 0.250. The molecule has 2 rings (SSSR count). The van der Waals surface area contributed by atoms with E-state index in [1.807, 2.05) is 54.6 Å². The molecule has 126 valence electrons.